The summed E-state index contributed by atoms with van der Waals surface area (Å²) in [6.45, 7) is 6.51. The minimum Gasteiger partial charge on any atom is -0.462 e. The molecule has 0 aliphatic heterocycles. The predicted octanol–water partition coefficient (Wildman–Crippen LogP) is 17.3. The molecule has 0 aliphatic carbocycles. The first-order valence-corrected chi connectivity index (χ1v) is 26.3. The van der Waals surface area contributed by atoms with E-state index < -0.39 is 6.10 Å². The molecule has 0 aromatic carbocycles. The highest BCUT2D eigenvalue weighted by Gasteiger charge is 2.19. The third-order valence-electron chi connectivity index (χ3n) is 11.2. The maximum absolute atomic E-state index is 12.7. The van der Waals surface area contributed by atoms with Crippen molar-refractivity contribution in [3.8, 4) is 0 Å². The molecular weight excluding hydrogens is 769 g/mol. The summed E-state index contributed by atoms with van der Waals surface area (Å²) in [7, 11) is 0. The summed E-state index contributed by atoms with van der Waals surface area (Å²) in [4.78, 5) is 37.9. The van der Waals surface area contributed by atoms with Crippen LogP contribution in [0, 0.1) is 0 Å². The maximum atomic E-state index is 12.7. The fraction of sp³-hybridized carbons (Fsp3) is 0.768. The van der Waals surface area contributed by atoms with Gasteiger partial charge in [0.1, 0.15) is 13.2 Å². The number of esters is 3. The van der Waals surface area contributed by atoms with E-state index in [2.05, 4.69) is 81.5 Å². The summed E-state index contributed by atoms with van der Waals surface area (Å²) in [6, 6.07) is 0. The van der Waals surface area contributed by atoms with Crippen LogP contribution in [0.1, 0.15) is 258 Å². The van der Waals surface area contributed by atoms with Crippen molar-refractivity contribution >= 4 is 17.9 Å². The Kier molecular flexibility index (Phi) is 48.4. The molecule has 1 unspecified atom stereocenters. The van der Waals surface area contributed by atoms with Crippen molar-refractivity contribution in [1.82, 2.24) is 0 Å². The van der Waals surface area contributed by atoms with E-state index in [0.29, 0.717) is 19.3 Å². The first-order valence-electron chi connectivity index (χ1n) is 26.3. The van der Waals surface area contributed by atoms with Crippen LogP contribution in [0.5, 0.6) is 0 Å². The van der Waals surface area contributed by atoms with E-state index in [1.807, 2.05) is 0 Å². The molecule has 62 heavy (non-hydrogen) atoms. The van der Waals surface area contributed by atoms with E-state index in [4.69, 9.17) is 14.2 Å². The van der Waals surface area contributed by atoms with Crippen molar-refractivity contribution in [1.29, 1.82) is 0 Å². The van der Waals surface area contributed by atoms with Crippen LogP contribution < -0.4 is 0 Å². The quantitative estimate of drug-likeness (QED) is 0.0262. The molecule has 0 amide bonds. The molecule has 358 valence electrons. The Bertz CT molecular complexity index is 1130. The third-order valence-corrected chi connectivity index (χ3v) is 11.2. The van der Waals surface area contributed by atoms with E-state index in [-0.39, 0.29) is 31.1 Å². The number of ether oxygens (including phenoxy) is 3. The zero-order chi connectivity index (χ0) is 45.1. The highest BCUT2D eigenvalue weighted by molar-refractivity contribution is 5.71. The average molecular weight is 867 g/mol. The number of rotatable bonds is 47. The Balaban J connectivity index is 4.26. The standard InChI is InChI=1S/C56H98O6/c1-4-7-10-13-16-19-22-23-24-25-26-27-28-29-30-31-32-33-35-37-40-43-46-49-55(58)61-52-53(51-60-54(57)48-45-42-39-36-21-18-15-12-9-6-3)62-56(59)50-47-44-41-38-34-20-17-14-11-8-5-2/h12,14-15,17,22-23,25-26,28-29,53H,4-11,13,16,18-21,24,27,30-52H2,1-3H3/b15-12-,17-14-,23-22-,26-25-,29-28-. The van der Waals surface area contributed by atoms with Crippen molar-refractivity contribution in [2.24, 2.45) is 0 Å². The summed E-state index contributed by atoms with van der Waals surface area (Å²) >= 11 is 0. The predicted molar refractivity (Wildman–Crippen MR) is 265 cm³/mol. The van der Waals surface area contributed by atoms with Gasteiger partial charge >= 0.3 is 17.9 Å². The molecule has 0 aromatic rings. The smallest absolute Gasteiger partial charge is 0.306 e. The Morgan fingerprint density at radius 1 is 0.323 bits per heavy atom. The van der Waals surface area contributed by atoms with Crippen LogP contribution in [-0.2, 0) is 28.6 Å². The van der Waals surface area contributed by atoms with Gasteiger partial charge in [-0.15, -0.1) is 0 Å². The van der Waals surface area contributed by atoms with Crippen LogP contribution in [0.15, 0.2) is 60.8 Å². The molecule has 6 heteroatoms. The van der Waals surface area contributed by atoms with E-state index >= 15 is 0 Å². The Hall–Kier alpha value is -2.89. The molecule has 0 bridgehead atoms. The molecule has 1 atom stereocenters. The van der Waals surface area contributed by atoms with Crippen molar-refractivity contribution in [3.63, 3.8) is 0 Å². The highest BCUT2D eigenvalue weighted by atomic mass is 16.6. The molecule has 0 saturated carbocycles. The number of hydrogen-bond donors (Lipinski definition) is 0. The van der Waals surface area contributed by atoms with Crippen LogP contribution >= 0.6 is 0 Å². The van der Waals surface area contributed by atoms with Gasteiger partial charge in [0.2, 0.25) is 0 Å². The van der Waals surface area contributed by atoms with Gasteiger partial charge in [-0.3, -0.25) is 14.4 Å². The monoisotopic (exact) mass is 867 g/mol. The lowest BCUT2D eigenvalue weighted by Gasteiger charge is -2.18. The second-order valence-electron chi connectivity index (χ2n) is 17.4. The molecule has 0 spiro atoms. The Morgan fingerprint density at radius 3 is 1.03 bits per heavy atom. The van der Waals surface area contributed by atoms with Crippen molar-refractivity contribution in [2.75, 3.05) is 13.2 Å². The Labute approximate surface area is 383 Å². The van der Waals surface area contributed by atoms with E-state index in [1.165, 1.54) is 116 Å². The highest BCUT2D eigenvalue weighted by Crippen LogP contribution is 2.14. The van der Waals surface area contributed by atoms with Gasteiger partial charge in [0.15, 0.2) is 6.10 Å². The van der Waals surface area contributed by atoms with Crippen LogP contribution in [-0.4, -0.2) is 37.2 Å². The number of hydrogen-bond acceptors (Lipinski definition) is 6. The minimum absolute atomic E-state index is 0.0842. The van der Waals surface area contributed by atoms with Gasteiger partial charge in [-0.25, -0.2) is 0 Å². The lowest BCUT2D eigenvalue weighted by molar-refractivity contribution is -0.167. The van der Waals surface area contributed by atoms with E-state index in [9.17, 15) is 14.4 Å². The van der Waals surface area contributed by atoms with Gasteiger partial charge in [-0.05, 0) is 96.3 Å². The number of allylic oxidation sites excluding steroid dienone is 10. The summed E-state index contributed by atoms with van der Waals surface area (Å²) in [5.41, 5.74) is 0. The van der Waals surface area contributed by atoms with Gasteiger partial charge in [-0.2, -0.15) is 0 Å². The van der Waals surface area contributed by atoms with Crippen LogP contribution in [0.4, 0.5) is 0 Å². The van der Waals surface area contributed by atoms with Gasteiger partial charge in [0.25, 0.3) is 0 Å². The molecule has 0 saturated heterocycles. The largest absolute Gasteiger partial charge is 0.462 e. The Morgan fingerprint density at radius 2 is 0.629 bits per heavy atom. The minimum atomic E-state index is -0.782. The molecule has 0 radical (unpaired) electrons. The third kappa shape index (κ3) is 48.1. The zero-order valence-corrected chi connectivity index (χ0v) is 40.9. The van der Waals surface area contributed by atoms with Crippen LogP contribution in [0.25, 0.3) is 0 Å². The maximum Gasteiger partial charge on any atom is 0.306 e. The normalized spacial score (nSPS) is 12.5. The van der Waals surface area contributed by atoms with Crippen molar-refractivity contribution in [3.05, 3.63) is 60.8 Å². The SMILES string of the molecule is CCC/C=C\CCCCCCCC(=O)OCC(COC(=O)CCCCCCCCCC/C=C\C/C=C\C/C=C\CCCCCCC)OC(=O)CCCCCCC/C=C\CCCC. The summed E-state index contributed by atoms with van der Waals surface area (Å²) in [5, 5.41) is 0. The fourth-order valence-corrected chi connectivity index (χ4v) is 7.20. The second kappa shape index (κ2) is 50.8. The first kappa shape index (κ1) is 59.1. The topological polar surface area (TPSA) is 78.9 Å². The van der Waals surface area contributed by atoms with Crippen molar-refractivity contribution < 1.29 is 28.6 Å². The fourth-order valence-electron chi connectivity index (χ4n) is 7.20. The van der Waals surface area contributed by atoms with E-state index in [1.54, 1.807) is 0 Å². The summed E-state index contributed by atoms with van der Waals surface area (Å²) in [6.07, 6.45) is 62.1. The molecule has 6 nitrogen and oxygen atoms in total. The number of carbonyl (C=O) groups excluding carboxylic acids is 3. The molecule has 0 rings (SSSR count). The van der Waals surface area contributed by atoms with Crippen molar-refractivity contribution in [2.45, 2.75) is 264 Å². The molecule has 0 heterocycles. The first-order chi connectivity index (χ1) is 30.5. The summed E-state index contributed by atoms with van der Waals surface area (Å²) < 4.78 is 16.7. The lowest BCUT2D eigenvalue weighted by atomic mass is 10.1. The van der Waals surface area contributed by atoms with E-state index in [0.717, 1.165) is 103 Å². The number of carbonyl (C=O) groups is 3. The van der Waals surface area contributed by atoms with Gasteiger partial charge in [0.05, 0.1) is 0 Å². The molecule has 0 aromatic heterocycles. The molecular formula is C56H98O6. The van der Waals surface area contributed by atoms with Gasteiger partial charge in [0, 0.05) is 19.3 Å². The molecule has 0 fully saturated rings. The average Bonchev–Trinajstić information content (AvgIpc) is 3.27. The zero-order valence-electron chi connectivity index (χ0n) is 40.9. The summed E-state index contributed by atoms with van der Waals surface area (Å²) in [5.74, 6) is -0.910. The van der Waals surface area contributed by atoms with Crippen LogP contribution in [0.3, 0.4) is 0 Å². The number of unbranched alkanes of at least 4 members (excludes halogenated alkanes) is 26. The molecule has 0 aliphatic rings. The second-order valence-corrected chi connectivity index (χ2v) is 17.4. The molecule has 0 N–H and O–H groups in total. The van der Waals surface area contributed by atoms with Gasteiger partial charge in [-0.1, -0.05) is 204 Å². The lowest BCUT2D eigenvalue weighted by Crippen LogP contribution is -2.30. The van der Waals surface area contributed by atoms with Gasteiger partial charge < -0.3 is 14.2 Å². The van der Waals surface area contributed by atoms with Crippen LogP contribution in [0.2, 0.25) is 0 Å².